The van der Waals surface area contributed by atoms with Crippen LogP contribution in [0.4, 0.5) is 4.79 Å². The summed E-state index contributed by atoms with van der Waals surface area (Å²) < 4.78 is 3.98. The van der Waals surface area contributed by atoms with Crippen molar-refractivity contribution in [2.75, 3.05) is 12.5 Å². The van der Waals surface area contributed by atoms with Crippen molar-refractivity contribution in [2.24, 2.45) is 0 Å². The summed E-state index contributed by atoms with van der Waals surface area (Å²) in [5, 5.41) is 7.76. The molecule has 1 N–H and O–H groups in total. The second-order valence-electron chi connectivity index (χ2n) is 0.803. The molecule has 0 atom stereocenters. The van der Waals surface area contributed by atoms with Crippen LogP contribution in [0.15, 0.2) is 0 Å². The summed E-state index contributed by atoms with van der Waals surface area (Å²) >= 11 is 5.06. The molecule has 0 aromatic rings. The van der Waals surface area contributed by atoms with Crippen LogP contribution >= 0.6 is 24.0 Å². The van der Waals surface area contributed by atoms with Crippen LogP contribution in [0.1, 0.15) is 0 Å². The van der Waals surface area contributed by atoms with Crippen LogP contribution in [0.25, 0.3) is 0 Å². The fourth-order valence-corrected chi connectivity index (χ4v) is 0.203. The van der Waals surface area contributed by atoms with Crippen molar-refractivity contribution in [3.05, 3.63) is 0 Å². The molecule has 0 aromatic carbocycles. The molecule has 5 heteroatoms. The third-order valence-corrected chi connectivity index (χ3v) is 0.457. The lowest BCUT2D eigenvalue weighted by Gasteiger charge is -1.90. The van der Waals surface area contributed by atoms with E-state index in [4.69, 9.17) is 16.7 Å². The van der Waals surface area contributed by atoms with Crippen molar-refractivity contribution in [1.29, 1.82) is 0 Å². The van der Waals surface area contributed by atoms with Crippen LogP contribution in [-0.2, 0) is 4.74 Å². The maximum absolute atomic E-state index is 9.48. The number of hydrogen-bond donors (Lipinski definition) is 1. The van der Waals surface area contributed by atoms with Crippen LogP contribution in [-0.4, -0.2) is 23.7 Å². The first-order valence-corrected chi connectivity index (χ1v) is 2.22. The Labute approximate surface area is 58.0 Å². The van der Waals surface area contributed by atoms with Crippen molar-refractivity contribution in [3.63, 3.8) is 0 Å². The van der Waals surface area contributed by atoms with Crippen molar-refractivity contribution < 1.29 is 14.6 Å². The predicted octanol–water partition coefficient (Wildman–Crippen LogP) is 1.34. The summed E-state index contributed by atoms with van der Waals surface area (Å²) in [6.45, 7) is 0.0664. The lowest BCUT2D eigenvalue weighted by Crippen LogP contribution is -2.01. The molecule has 0 rings (SSSR count). The van der Waals surface area contributed by atoms with Gasteiger partial charge in [-0.3, -0.25) is 0 Å². The van der Waals surface area contributed by atoms with Crippen molar-refractivity contribution in [1.82, 2.24) is 0 Å². The number of rotatable bonds is 2. The van der Waals surface area contributed by atoms with Gasteiger partial charge in [0.1, 0.15) is 6.61 Å². The van der Waals surface area contributed by atoms with E-state index in [1.807, 2.05) is 0 Å². The van der Waals surface area contributed by atoms with Gasteiger partial charge in [-0.15, -0.1) is 24.0 Å². The molecular formula is C3H6Cl2O3. The van der Waals surface area contributed by atoms with E-state index in [1.54, 1.807) is 0 Å². The standard InChI is InChI=1S/C3H5ClO3.ClH/c4-1-2-7-3(5)6;/h1-2H2,(H,5,6);1H. The van der Waals surface area contributed by atoms with E-state index in [9.17, 15) is 4.79 Å². The molecule has 50 valence electrons. The number of alkyl halides is 1. The van der Waals surface area contributed by atoms with E-state index in [0.717, 1.165) is 0 Å². The minimum absolute atomic E-state index is 0. The third kappa shape index (κ3) is 9.28. The summed E-state index contributed by atoms with van der Waals surface area (Å²) in [5.74, 6) is 0.215. The van der Waals surface area contributed by atoms with Gasteiger partial charge in [0.2, 0.25) is 0 Å². The molecule has 0 heterocycles. The molecule has 0 saturated carbocycles. The Kier molecular flexibility index (Phi) is 9.22. The molecule has 0 bridgehead atoms. The Morgan fingerprint density at radius 3 is 2.38 bits per heavy atom. The topological polar surface area (TPSA) is 46.5 Å². The van der Waals surface area contributed by atoms with E-state index in [-0.39, 0.29) is 24.9 Å². The molecule has 0 aromatic heterocycles. The maximum Gasteiger partial charge on any atom is 0.505 e. The van der Waals surface area contributed by atoms with E-state index in [1.165, 1.54) is 0 Å². The summed E-state index contributed by atoms with van der Waals surface area (Å²) in [6.07, 6.45) is -1.28. The second-order valence-corrected chi connectivity index (χ2v) is 1.18. The van der Waals surface area contributed by atoms with Gasteiger partial charge in [0.25, 0.3) is 0 Å². The van der Waals surface area contributed by atoms with Crippen LogP contribution in [0.3, 0.4) is 0 Å². The van der Waals surface area contributed by atoms with Gasteiger partial charge in [-0.1, -0.05) is 0 Å². The van der Waals surface area contributed by atoms with Gasteiger partial charge in [0.15, 0.2) is 0 Å². The van der Waals surface area contributed by atoms with Crippen LogP contribution < -0.4 is 0 Å². The highest BCUT2D eigenvalue weighted by atomic mass is 35.5. The summed E-state index contributed by atoms with van der Waals surface area (Å²) in [4.78, 5) is 9.48. The van der Waals surface area contributed by atoms with Gasteiger partial charge in [-0.2, -0.15) is 0 Å². The van der Waals surface area contributed by atoms with Crippen molar-refractivity contribution >= 4 is 30.2 Å². The van der Waals surface area contributed by atoms with Gasteiger partial charge in [-0.05, 0) is 0 Å². The Hall–Kier alpha value is -0.150. The SMILES string of the molecule is Cl.O=C(O)OCCCl. The molecule has 0 fully saturated rings. The third-order valence-electron chi connectivity index (χ3n) is 0.303. The normalized spacial score (nSPS) is 7.12. The second kappa shape index (κ2) is 6.85. The molecule has 0 aliphatic carbocycles. The number of carboxylic acid groups (broad SMARTS) is 1. The minimum atomic E-state index is -1.28. The predicted molar refractivity (Wildman–Crippen MR) is 31.9 cm³/mol. The fraction of sp³-hybridized carbons (Fsp3) is 0.667. The Balaban J connectivity index is 0. The zero-order chi connectivity index (χ0) is 5.70. The average molecular weight is 161 g/mol. The highest BCUT2D eigenvalue weighted by Gasteiger charge is 1.90. The quantitative estimate of drug-likeness (QED) is 0.490. The van der Waals surface area contributed by atoms with Gasteiger partial charge in [0.05, 0.1) is 5.88 Å². The van der Waals surface area contributed by atoms with Crippen LogP contribution in [0.5, 0.6) is 0 Å². The fourth-order valence-electron chi connectivity index (χ4n) is 0.126. The molecule has 8 heavy (non-hydrogen) atoms. The number of hydrogen-bond acceptors (Lipinski definition) is 2. The first kappa shape index (κ1) is 10.8. The molecule has 0 saturated heterocycles. The van der Waals surface area contributed by atoms with Crippen molar-refractivity contribution in [3.8, 4) is 0 Å². The first-order valence-electron chi connectivity index (χ1n) is 1.69. The molecule has 0 radical (unpaired) electrons. The molecule has 0 amide bonds. The van der Waals surface area contributed by atoms with E-state index >= 15 is 0 Å². The van der Waals surface area contributed by atoms with E-state index in [0.29, 0.717) is 0 Å². The average Bonchev–Trinajstić information content (AvgIpc) is 1.61. The highest BCUT2D eigenvalue weighted by molar-refractivity contribution is 6.18. The van der Waals surface area contributed by atoms with Gasteiger partial charge in [-0.25, -0.2) is 4.79 Å². The lowest BCUT2D eigenvalue weighted by molar-refractivity contribution is 0.0972. The summed E-state index contributed by atoms with van der Waals surface area (Å²) in [5.41, 5.74) is 0. The zero-order valence-electron chi connectivity index (χ0n) is 3.96. The monoisotopic (exact) mass is 160 g/mol. The first-order chi connectivity index (χ1) is 3.27. The summed E-state index contributed by atoms with van der Waals surface area (Å²) in [6, 6.07) is 0. The Morgan fingerprint density at radius 1 is 1.75 bits per heavy atom. The van der Waals surface area contributed by atoms with Crippen LogP contribution in [0, 0.1) is 0 Å². The molecule has 0 aliphatic heterocycles. The molecule has 0 unspecified atom stereocenters. The van der Waals surface area contributed by atoms with E-state index in [2.05, 4.69) is 4.74 Å². The van der Waals surface area contributed by atoms with Gasteiger partial charge in [0, 0.05) is 0 Å². The zero-order valence-corrected chi connectivity index (χ0v) is 5.54. The number of halogens is 2. The largest absolute Gasteiger partial charge is 0.505 e. The highest BCUT2D eigenvalue weighted by Crippen LogP contribution is 1.77. The van der Waals surface area contributed by atoms with Gasteiger partial charge < -0.3 is 9.84 Å². The molecular weight excluding hydrogens is 155 g/mol. The Morgan fingerprint density at radius 2 is 2.25 bits per heavy atom. The molecule has 3 nitrogen and oxygen atoms in total. The smallest absolute Gasteiger partial charge is 0.450 e. The molecule has 0 aliphatic rings. The van der Waals surface area contributed by atoms with Crippen LogP contribution in [0.2, 0.25) is 0 Å². The number of carbonyl (C=O) groups is 1. The lowest BCUT2D eigenvalue weighted by atomic mass is 10.9. The van der Waals surface area contributed by atoms with Gasteiger partial charge >= 0.3 is 6.16 Å². The maximum atomic E-state index is 9.48. The Bertz CT molecular complexity index is 65.5. The minimum Gasteiger partial charge on any atom is -0.450 e. The number of ether oxygens (including phenoxy) is 1. The summed E-state index contributed by atoms with van der Waals surface area (Å²) in [7, 11) is 0. The van der Waals surface area contributed by atoms with E-state index < -0.39 is 6.16 Å². The molecule has 0 spiro atoms. The van der Waals surface area contributed by atoms with Crippen molar-refractivity contribution in [2.45, 2.75) is 0 Å².